The summed E-state index contributed by atoms with van der Waals surface area (Å²) in [5, 5.41) is 3.71. The van der Waals surface area contributed by atoms with Gasteiger partial charge in [0.05, 0.1) is 30.8 Å². The maximum absolute atomic E-state index is 14.5. The Morgan fingerprint density at radius 2 is 2.04 bits per heavy atom. The molecule has 0 spiro atoms. The molecule has 0 radical (unpaired) electrons. The first-order valence-corrected chi connectivity index (χ1v) is 15.3. The molecule has 4 aliphatic rings. The van der Waals surface area contributed by atoms with E-state index < -0.39 is 23.2 Å². The zero-order valence-corrected chi connectivity index (χ0v) is 25.5. The minimum Gasteiger partial charge on any atom is -0.497 e. The predicted octanol–water partition coefficient (Wildman–Crippen LogP) is 3.80. The van der Waals surface area contributed by atoms with Crippen molar-refractivity contribution >= 4 is 12.0 Å². The van der Waals surface area contributed by atoms with E-state index in [0.717, 1.165) is 24.2 Å². The van der Waals surface area contributed by atoms with Crippen molar-refractivity contribution in [1.82, 2.24) is 20.1 Å². The number of benzene rings is 1. The van der Waals surface area contributed by atoms with Gasteiger partial charge in [-0.2, -0.15) is 13.2 Å². The van der Waals surface area contributed by atoms with E-state index >= 15 is 0 Å². The van der Waals surface area contributed by atoms with Gasteiger partial charge in [0.1, 0.15) is 12.4 Å². The van der Waals surface area contributed by atoms with E-state index in [4.69, 9.17) is 18.9 Å². The number of methoxy groups -OCH3 is 2. The van der Waals surface area contributed by atoms with Gasteiger partial charge in [-0.3, -0.25) is 9.78 Å². The fourth-order valence-electron chi connectivity index (χ4n) is 7.47. The third-order valence-electron chi connectivity index (χ3n) is 9.77. The van der Waals surface area contributed by atoms with Crippen molar-refractivity contribution in [1.29, 1.82) is 0 Å². The molecule has 45 heavy (non-hydrogen) atoms. The summed E-state index contributed by atoms with van der Waals surface area (Å²) in [6.45, 7) is 2.09. The van der Waals surface area contributed by atoms with Crippen LogP contribution in [0, 0.1) is 11.3 Å². The second-order valence-electron chi connectivity index (χ2n) is 12.5. The maximum Gasteiger partial charge on any atom is 0.417 e. The molecule has 4 heterocycles. The Hall–Kier alpha value is -3.42. The van der Waals surface area contributed by atoms with Gasteiger partial charge in [0, 0.05) is 70.3 Å². The van der Waals surface area contributed by atoms with Crippen molar-refractivity contribution < 1.29 is 41.7 Å². The monoisotopic (exact) mass is 632 g/mol. The smallest absolute Gasteiger partial charge is 0.417 e. The molecule has 2 amide bonds. The van der Waals surface area contributed by atoms with Gasteiger partial charge >= 0.3 is 12.3 Å². The molecule has 244 valence electrons. The Balaban J connectivity index is 1.20. The van der Waals surface area contributed by atoms with Crippen molar-refractivity contribution in [2.75, 3.05) is 47.1 Å². The summed E-state index contributed by atoms with van der Waals surface area (Å²) in [5.74, 6) is 0.371. The Bertz CT molecular complexity index is 1410. The van der Waals surface area contributed by atoms with Crippen molar-refractivity contribution in [3.8, 4) is 5.75 Å². The van der Waals surface area contributed by atoms with Gasteiger partial charge in [-0.15, -0.1) is 0 Å². The van der Waals surface area contributed by atoms with Crippen LogP contribution in [-0.4, -0.2) is 92.0 Å². The molecule has 3 aliphatic heterocycles. The van der Waals surface area contributed by atoms with E-state index in [-0.39, 0.29) is 49.7 Å². The number of aromatic nitrogens is 1. The quantitative estimate of drug-likeness (QED) is 0.492. The van der Waals surface area contributed by atoms with Crippen LogP contribution in [-0.2, 0) is 44.8 Å². The van der Waals surface area contributed by atoms with Gasteiger partial charge in [0.2, 0.25) is 5.91 Å². The lowest BCUT2D eigenvalue weighted by Crippen LogP contribution is -2.52. The SMILES string of the molecule is COc1cccc(COC(=O)N2C[C@@H]3C[C@@H](NC4CCOCC4OC)C[C@]3(C(=O)N3CCc4ncc(C(F)(F)F)cc4C3)C2)c1. The molecule has 10 nitrogen and oxygen atoms in total. The molecule has 13 heteroatoms. The van der Waals surface area contributed by atoms with Gasteiger partial charge < -0.3 is 34.1 Å². The van der Waals surface area contributed by atoms with Crippen molar-refractivity contribution in [3.05, 3.63) is 58.9 Å². The van der Waals surface area contributed by atoms with E-state index in [2.05, 4.69) is 10.3 Å². The third-order valence-corrected chi connectivity index (χ3v) is 9.77. The fraction of sp³-hybridized carbons (Fsp3) is 0.594. The van der Waals surface area contributed by atoms with Crippen LogP contribution in [0.25, 0.3) is 0 Å². The number of carbonyl (C=O) groups excluding carboxylic acids is 2. The molecule has 1 aromatic heterocycles. The number of fused-ring (bicyclic) bond motifs is 2. The maximum atomic E-state index is 14.5. The number of likely N-dealkylation sites (tertiary alicyclic amines) is 1. The summed E-state index contributed by atoms with van der Waals surface area (Å²) in [5.41, 5.74) is 0.0355. The predicted molar refractivity (Wildman–Crippen MR) is 155 cm³/mol. The lowest BCUT2D eigenvalue weighted by atomic mass is 9.78. The standard InChI is InChI=1S/C32H39F3N4O6/c1-42-25-5-3-4-20(10-25)17-45-30(41)39-16-23-12-24(37-27-7-9-44-18-28(27)43-2)13-31(23,19-39)29(40)38-8-6-26-21(15-38)11-22(14-36-26)32(33,34)35/h3-5,10-11,14,23-24,27-28,37H,6-9,12-13,15-19H2,1-2H3/t23-,24+,27?,28?,31-/m0/s1. The molecule has 2 aromatic rings. The average molecular weight is 633 g/mol. The number of hydrogen-bond donors (Lipinski definition) is 1. The van der Waals surface area contributed by atoms with Crippen LogP contribution in [0.3, 0.4) is 0 Å². The first-order chi connectivity index (χ1) is 21.6. The van der Waals surface area contributed by atoms with Crippen LogP contribution < -0.4 is 10.1 Å². The van der Waals surface area contributed by atoms with E-state index in [9.17, 15) is 22.8 Å². The van der Waals surface area contributed by atoms with Crippen LogP contribution in [0.2, 0.25) is 0 Å². The summed E-state index contributed by atoms with van der Waals surface area (Å²) in [4.78, 5) is 35.1. The largest absolute Gasteiger partial charge is 0.497 e. The number of ether oxygens (including phenoxy) is 4. The normalized spacial score (nSPS) is 28.0. The number of amides is 2. The molecular weight excluding hydrogens is 593 g/mol. The number of nitrogens with zero attached hydrogens (tertiary/aromatic N) is 3. The second kappa shape index (κ2) is 12.8. The molecule has 2 saturated heterocycles. The van der Waals surface area contributed by atoms with Crippen LogP contribution in [0.4, 0.5) is 18.0 Å². The molecular formula is C32H39F3N4O6. The number of hydrogen-bond acceptors (Lipinski definition) is 8. The number of halogens is 3. The average Bonchev–Trinajstić information content (AvgIpc) is 3.57. The zero-order valence-electron chi connectivity index (χ0n) is 25.5. The number of nitrogens with one attached hydrogen (secondary N) is 1. The van der Waals surface area contributed by atoms with Crippen LogP contribution in [0.15, 0.2) is 36.5 Å². The summed E-state index contributed by atoms with van der Waals surface area (Å²) in [6.07, 6.45) is -1.97. The highest BCUT2D eigenvalue weighted by molar-refractivity contribution is 5.86. The summed E-state index contributed by atoms with van der Waals surface area (Å²) < 4.78 is 62.5. The number of rotatable bonds is 7. The number of alkyl halides is 3. The highest BCUT2D eigenvalue weighted by Gasteiger charge is 2.60. The molecule has 3 fully saturated rings. The van der Waals surface area contributed by atoms with Gasteiger partial charge in [-0.1, -0.05) is 12.1 Å². The van der Waals surface area contributed by atoms with Crippen LogP contribution in [0.1, 0.15) is 41.6 Å². The Kier molecular flexibility index (Phi) is 8.95. The van der Waals surface area contributed by atoms with Crippen molar-refractivity contribution in [2.24, 2.45) is 11.3 Å². The lowest BCUT2D eigenvalue weighted by Gasteiger charge is -2.37. The highest BCUT2D eigenvalue weighted by atomic mass is 19.4. The Labute approximate surface area is 260 Å². The van der Waals surface area contributed by atoms with E-state index in [1.165, 1.54) is 0 Å². The highest BCUT2D eigenvalue weighted by Crippen LogP contribution is 2.51. The summed E-state index contributed by atoms with van der Waals surface area (Å²) in [7, 11) is 3.22. The fourth-order valence-corrected chi connectivity index (χ4v) is 7.47. The Morgan fingerprint density at radius 3 is 2.82 bits per heavy atom. The van der Waals surface area contributed by atoms with Gasteiger partial charge in [-0.05, 0) is 54.5 Å². The van der Waals surface area contributed by atoms with E-state index in [1.807, 2.05) is 12.1 Å². The van der Waals surface area contributed by atoms with Crippen LogP contribution >= 0.6 is 0 Å². The van der Waals surface area contributed by atoms with Crippen molar-refractivity contribution in [2.45, 2.75) is 63.2 Å². The van der Waals surface area contributed by atoms with Gasteiger partial charge in [-0.25, -0.2) is 4.79 Å². The molecule has 1 aliphatic carbocycles. The first-order valence-electron chi connectivity index (χ1n) is 15.3. The summed E-state index contributed by atoms with van der Waals surface area (Å²) in [6, 6.07) is 8.43. The molecule has 0 bridgehead atoms. The second-order valence-corrected chi connectivity index (χ2v) is 12.5. The van der Waals surface area contributed by atoms with Crippen LogP contribution in [0.5, 0.6) is 5.75 Å². The third kappa shape index (κ3) is 6.48. The summed E-state index contributed by atoms with van der Waals surface area (Å²) >= 11 is 0. The van der Waals surface area contributed by atoms with E-state index in [0.29, 0.717) is 62.6 Å². The van der Waals surface area contributed by atoms with Crippen molar-refractivity contribution in [3.63, 3.8) is 0 Å². The minimum absolute atomic E-state index is 0.00484. The Morgan fingerprint density at radius 1 is 1.20 bits per heavy atom. The van der Waals surface area contributed by atoms with Gasteiger partial charge in [0.25, 0.3) is 0 Å². The number of carbonyl (C=O) groups is 2. The molecule has 6 rings (SSSR count). The zero-order chi connectivity index (χ0) is 31.8. The molecule has 2 unspecified atom stereocenters. The molecule has 1 saturated carbocycles. The number of pyridine rings is 1. The molecule has 1 aromatic carbocycles. The minimum atomic E-state index is -4.52. The molecule has 1 N–H and O–H groups in total. The topological polar surface area (TPSA) is 102 Å². The first kappa shape index (κ1) is 31.6. The van der Waals surface area contributed by atoms with E-state index in [1.54, 1.807) is 36.2 Å². The molecule has 5 atom stereocenters. The van der Waals surface area contributed by atoms with Gasteiger partial charge in [0.15, 0.2) is 0 Å². The lowest BCUT2D eigenvalue weighted by molar-refractivity contribution is -0.143.